The van der Waals surface area contributed by atoms with Crippen molar-refractivity contribution in [2.45, 2.75) is 13.3 Å². The van der Waals surface area contributed by atoms with E-state index in [-0.39, 0.29) is 24.2 Å². The monoisotopic (exact) mass is 308 g/mol. The van der Waals surface area contributed by atoms with E-state index in [1.165, 1.54) is 0 Å². The number of hydrogen-bond acceptors (Lipinski definition) is 3. The van der Waals surface area contributed by atoms with Crippen LogP contribution in [-0.4, -0.2) is 28.8 Å². The Morgan fingerprint density at radius 3 is 2.76 bits per heavy atom. The molecule has 0 saturated carbocycles. The normalized spacial score (nSPS) is 11.5. The molecule has 3 N–H and O–H groups in total. The predicted molar refractivity (Wildman–Crippen MR) is 85.7 cm³/mol. The molecule has 0 aliphatic carbocycles. The molecule has 0 saturated heterocycles. The number of nitrogens with two attached hydrogens (primary N) is 1. The molecule has 1 amide bonds. The molecule has 1 heterocycles. The summed E-state index contributed by atoms with van der Waals surface area (Å²) in [5.74, 6) is -0.134. The number of para-hydroxylation sites is 1. The smallest absolute Gasteiger partial charge is 0.224 e. The second-order valence-electron chi connectivity index (χ2n) is 4.81. The van der Waals surface area contributed by atoms with Gasteiger partial charge in [-0.05, 0) is 24.1 Å². The van der Waals surface area contributed by atoms with Gasteiger partial charge in [0, 0.05) is 25.2 Å². The van der Waals surface area contributed by atoms with Crippen molar-refractivity contribution < 1.29 is 4.79 Å². The van der Waals surface area contributed by atoms with Crippen molar-refractivity contribution in [3.05, 3.63) is 48.3 Å². The van der Waals surface area contributed by atoms with E-state index >= 15 is 0 Å². The third-order valence-corrected chi connectivity index (χ3v) is 3.17. The standard InChI is InChI=1S/C15H20N4O.ClH/c1-12(9-16)15(20)17-8-7-13-10-18-19(11-13)14-5-3-2-4-6-14;/h2-6,10-12H,7-9,16H2,1H3,(H,17,20);1H. The molecule has 114 valence electrons. The molecule has 6 heteroatoms. The first-order valence-corrected chi connectivity index (χ1v) is 6.77. The third kappa shape index (κ3) is 4.88. The van der Waals surface area contributed by atoms with Gasteiger partial charge in [-0.3, -0.25) is 4.79 Å². The zero-order valence-electron chi connectivity index (χ0n) is 12.0. The van der Waals surface area contributed by atoms with Crippen LogP contribution in [0.25, 0.3) is 5.69 Å². The van der Waals surface area contributed by atoms with Crippen LogP contribution in [0.5, 0.6) is 0 Å². The molecule has 1 aromatic carbocycles. The average molecular weight is 309 g/mol. The van der Waals surface area contributed by atoms with Gasteiger partial charge in [-0.15, -0.1) is 12.4 Å². The first-order chi connectivity index (χ1) is 9.70. The summed E-state index contributed by atoms with van der Waals surface area (Å²) in [6, 6.07) is 9.93. The van der Waals surface area contributed by atoms with Crippen molar-refractivity contribution in [2.75, 3.05) is 13.1 Å². The van der Waals surface area contributed by atoms with Crippen molar-refractivity contribution in [1.82, 2.24) is 15.1 Å². The van der Waals surface area contributed by atoms with Crippen LogP contribution in [0.1, 0.15) is 12.5 Å². The number of benzene rings is 1. The molecular formula is C15H21ClN4O. The summed E-state index contributed by atoms with van der Waals surface area (Å²) < 4.78 is 1.83. The number of amides is 1. The molecule has 1 unspecified atom stereocenters. The fourth-order valence-electron chi connectivity index (χ4n) is 1.82. The Labute approximate surface area is 130 Å². The van der Waals surface area contributed by atoms with E-state index in [4.69, 9.17) is 5.73 Å². The van der Waals surface area contributed by atoms with Crippen LogP contribution in [0, 0.1) is 5.92 Å². The highest BCUT2D eigenvalue weighted by atomic mass is 35.5. The van der Waals surface area contributed by atoms with Gasteiger partial charge in [0.05, 0.1) is 11.9 Å². The minimum atomic E-state index is -0.137. The van der Waals surface area contributed by atoms with Crippen LogP contribution >= 0.6 is 12.4 Å². The summed E-state index contributed by atoms with van der Waals surface area (Å²) in [5, 5.41) is 7.19. The third-order valence-electron chi connectivity index (χ3n) is 3.17. The van der Waals surface area contributed by atoms with Crippen LogP contribution in [0.15, 0.2) is 42.7 Å². The van der Waals surface area contributed by atoms with Gasteiger partial charge in [0.15, 0.2) is 0 Å². The summed E-state index contributed by atoms with van der Waals surface area (Å²) in [7, 11) is 0. The lowest BCUT2D eigenvalue weighted by atomic mass is 10.1. The van der Waals surface area contributed by atoms with Crippen LogP contribution in [0.2, 0.25) is 0 Å². The number of rotatable bonds is 6. The van der Waals surface area contributed by atoms with Crippen molar-refractivity contribution >= 4 is 18.3 Å². The van der Waals surface area contributed by atoms with Gasteiger partial charge in [-0.25, -0.2) is 4.68 Å². The number of hydrogen-bond donors (Lipinski definition) is 2. The van der Waals surface area contributed by atoms with Gasteiger partial charge in [-0.1, -0.05) is 25.1 Å². The Bertz CT molecular complexity index is 556. The van der Waals surface area contributed by atoms with E-state index in [1.54, 1.807) is 0 Å². The molecule has 0 fully saturated rings. The molecule has 0 spiro atoms. The number of nitrogens with zero attached hydrogens (tertiary/aromatic N) is 2. The fraction of sp³-hybridized carbons (Fsp3) is 0.333. The molecule has 1 atom stereocenters. The molecule has 2 aromatic rings. The second kappa shape index (κ2) is 8.44. The highest BCUT2D eigenvalue weighted by molar-refractivity contribution is 5.85. The largest absolute Gasteiger partial charge is 0.355 e. The highest BCUT2D eigenvalue weighted by Crippen LogP contribution is 2.07. The first kappa shape index (κ1) is 17.2. The van der Waals surface area contributed by atoms with Gasteiger partial charge >= 0.3 is 0 Å². The number of carbonyl (C=O) groups excluding carboxylic acids is 1. The summed E-state index contributed by atoms with van der Waals surface area (Å²) in [6.45, 7) is 2.80. The number of carbonyl (C=O) groups is 1. The highest BCUT2D eigenvalue weighted by Gasteiger charge is 2.09. The van der Waals surface area contributed by atoms with E-state index in [9.17, 15) is 4.79 Å². The quantitative estimate of drug-likeness (QED) is 0.850. The number of halogens is 1. The molecule has 21 heavy (non-hydrogen) atoms. The van der Waals surface area contributed by atoms with Gasteiger partial charge in [0.1, 0.15) is 0 Å². The Morgan fingerprint density at radius 1 is 1.38 bits per heavy atom. The zero-order valence-corrected chi connectivity index (χ0v) is 12.8. The van der Waals surface area contributed by atoms with Gasteiger partial charge < -0.3 is 11.1 Å². The minimum absolute atomic E-state index is 0. The molecule has 1 aromatic heterocycles. The number of aromatic nitrogens is 2. The Hall–Kier alpha value is -1.85. The molecular weight excluding hydrogens is 288 g/mol. The van der Waals surface area contributed by atoms with Crippen LogP contribution in [0.4, 0.5) is 0 Å². The van der Waals surface area contributed by atoms with Crippen molar-refractivity contribution in [1.29, 1.82) is 0 Å². The second-order valence-corrected chi connectivity index (χ2v) is 4.81. The lowest BCUT2D eigenvalue weighted by Crippen LogP contribution is -2.34. The molecule has 0 aliphatic heterocycles. The van der Waals surface area contributed by atoms with Crippen molar-refractivity contribution in [2.24, 2.45) is 11.7 Å². The molecule has 5 nitrogen and oxygen atoms in total. The van der Waals surface area contributed by atoms with E-state index in [2.05, 4.69) is 10.4 Å². The van der Waals surface area contributed by atoms with E-state index < -0.39 is 0 Å². The van der Waals surface area contributed by atoms with Crippen LogP contribution < -0.4 is 11.1 Å². The average Bonchev–Trinajstić information content (AvgIpc) is 2.96. The minimum Gasteiger partial charge on any atom is -0.355 e. The molecule has 0 aliphatic rings. The predicted octanol–water partition coefficient (Wildman–Crippen LogP) is 1.55. The summed E-state index contributed by atoms with van der Waals surface area (Å²) >= 11 is 0. The maximum Gasteiger partial charge on any atom is 0.224 e. The maximum absolute atomic E-state index is 11.6. The Morgan fingerprint density at radius 2 is 2.10 bits per heavy atom. The molecule has 0 radical (unpaired) electrons. The van der Waals surface area contributed by atoms with Gasteiger partial charge in [0.2, 0.25) is 5.91 Å². The summed E-state index contributed by atoms with van der Waals surface area (Å²) in [6.07, 6.45) is 4.56. The van der Waals surface area contributed by atoms with Crippen LogP contribution in [0.3, 0.4) is 0 Å². The van der Waals surface area contributed by atoms with Crippen molar-refractivity contribution in [3.63, 3.8) is 0 Å². The molecule has 0 bridgehead atoms. The lowest BCUT2D eigenvalue weighted by Gasteiger charge is -2.08. The molecule has 2 rings (SSSR count). The summed E-state index contributed by atoms with van der Waals surface area (Å²) in [5.41, 5.74) is 7.57. The SMILES string of the molecule is CC(CN)C(=O)NCCc1cnn(-c2ccccc2)c1.Cl. The summed E-state index contributed by atoms with van der Waals surface area (Å²) in [4.78, 5) is 11.6. The Balaban J connectivity index is 0.00000220. The fourth-order valence-corrected chi connectivity index (χ4v) is 1.82. The topological polar surface area (TPSA) is 72.9 Å². The van der Waals surface area contributed by atoms with Gasteiger partial charge in [-0.2, -0.15) is 5.10 Å². The van der Waals surface area contributed by atoms with E-state index in [0.717, 1.165) is 17.7 Å². The van der Waals surface area contributed by atoms with Crippen molar-refractivity contribution in [3.8, 4) is 5.69 Å². The lowest BCUT2D eigenvalue weighted by molar-refractivity contribution is -0.124. The Kier molecular flexibility index (Phi) is 6.91. The first-order valence-electron chi connectivity index (χ1n) is 6.77. The zero-order chi connectivity index (χ0) is 14.4. The van der Waals surface area contributed by atoms with Gasteiger partial charge in [0.25, 0.3) is 0 Å². The maximum atomic E-state index is 11.6. The number of nitrogens with one attached hydrogen (secondary N) is 1. The van der Waals surface area contributed by atoms with E-state index in [0.29, 0.717) is 13.1 Å². The van der Waals surface area contributed by atoms with E-state index in [1.807, 2.05) is 54.3 Å². The van der Waals surface area contributed by atoms with Crippen LogP contribution in [-0.2, 0) is 11.2 Å².